The van der Waals surface area contributed by atoms with Crippen LogP contribution in [0.4, 0.5) is 0 Å². The average molecular weight is 194 g/mol. The molecule has 0 spiro atoms. The molecule has 0 aromatic rings. The van der Waals surface area contributed by atoms with Gasteiger partial charge >= 0.3 is 5.91 Å². The van der Waals surface area contributed by atoms with Crippen LogP contribution in [0.1, 0.15) is 6.92 Å². The normalized spacial score (nSPS) is 12.1. The summed E-state index contributed by atoms with van der Waals surface area (Å²) in [6.45, 7) is 2.41. The fourth-order valence-corrected chi connectivity index (χ4v) is 0.749. The highest BCUT2D eigenvalue weighted by atomic mass is 16.1. The number of carbonyl (C=O) groups is 1. The number of carbonyl (C=O) groups excluding carboxylic acids is 1. The van der Waals surface area contributed by atoms with Gasteiger partial charge in [0.05, 0.1) is 6.20 Å². The van der Waals surface area contributed by atoms with E-state index >= 15 is 0 Å². The molecule has 0 saturated heterocycles. The molecule has 0 aromatic heterocycles. The van der Waals surface area contributed by atoms with Crippen molar-refractivity contribution in [3.8, 4) is 6.07 Å². The number of likely N-dealkylation sites (N-methyl/N-ethyl adjacent to an activating group) is 1. The summed E-state index contributed by atoms with van der Waals surface area (Å²) in [6, 6.07) is 1.89. The fraction of sp³-hybridized carbons (Fsp3) is 0.400. The Kier molecular flexibility index (Phi) is 6.29. The number of quaternary nitrogens is 1. The molecule has 0 aromatic carbocycles. The molecule has 0 unspecified atom stereocenters. The summed E-state index contributed by atoms with van der Waals surface area (Å²) in [5.41, 5.74) is 0.191. The third-order valence-corrected chi connectivity index (χ3v) is 1.49. The molecule has 0 atom stereocenters. The summed E-state index contributed by atoms with van der Waals surface area (Å²) < 4.78 is 0. The maximum Gasteiger partial charge on any atom is 0.357 e. The van der Waals surface area contributed by atoms with E-state index in [1.165, 1.54) is 5.32 Å². The topological polar surface area (TPSA) is 60.7 Å². The van der Waals surface area contributed by atoms with Gasteiger partial charge in [-0.25, -0.2) is 4.79 Å². The number of primary amides is 1. The number of rotatable bonds is 4. The maximum absolute atomic E-state index is 11.3. The van der Waals surface area contributed by atoms with Crippen LogP contribution in [0, 0.1) is 11.3 Å². The predicted octanol–water partition coefficient (Wildman–Crippen LogP) is -0.378. The molecule has 0 fully saturated rings. The van der Waals surface area contributed by atoms with Gasteiger partial charge in [0.15, 0.2) is 5.57 Å². The van der Waals surface area contributed by atoms with Crippen molar-refractivity contribution < 1.29 is 10.1 Å². The van der Waals surface area contributed by atoms with Gasteiger partial charge in [0.25, 0.3) is 0 Å². The van der Waals surface area contributed by atoms with E-state index in [2.05, 4.69) is 0 Å². The van der Waals surface area contributed by atoms with E-state index in [-0.39, 0.29) is 11.5 Å². The molecule has 0 aliphatic heterocycles. The zero-order chi connectivity index (χ0) is 11.0. The molecule has 0 radical (unpaired) electrons. The van der Waals surface area contributed by atoms with Crippen LogP contribution in [0.25, 0.3) is 0 Å². The summed E-state index contributed by atoms with van der Waals surface area (Å²) in [5, 5.41) is 10.1. The van der Waals surface area contributed by atoms with Crippen LogP contribution in [-0.4, -0.2) is 31.4 Å². The second-order valence-electron chi connectivity index (χ2n) is 3.05. The highest BCUT2D eigenvalue weighted by molar-refractivity contribution is 5.90. The molecule has 0 aliphatic rings. The molecule has 1 amide bonds. The smallest absolute Gasteiger partial charge is 0.306 e. The van der Waals surface area contributed by atoms with Crippen molar-refractivity contribution >= 4 is 5.91 Å². The Morgan fingerprint density at radius 2 is 2.21 bits per heavy atom. The second kappa shape index (κ2) is 7.01. The summed E-state index contributed by atoms with van der Waals surface area (Å²) in [7, 11) is 3.76. The Bertz CT molecular complexity index is 284. The minimum absolute atomic E-state index is 0.191. The lowest BCUT2D eigenvalue weighted by Crippen LogP contribution is -2.82. The van der Waals surface area contributed by atoms with Crippen LogP contribution in [-0.2, 0) is 4.79 Å². The van der Waals surface area contributed by atoms with Gasteiger partial charge in [-0.3, -0.25) is 5.32 Å². The molecule has 0 saturated carbocycles. The van der Waals surface area contributed by atoms with Crippen molar-refractivity contribution in [2.45, 2.75) is 6.92 Å². The molecular weight excluding hydrogens is 178 g/mol. The van der Waals surface area contributed by atoms with Crippen molar-refractivity contribution in [2.24, 2.45) is 0 Å². The first-order valence-corrected chi connectivity index (χ1v) is 4.37. The average Bonchev–Trinajstić information content (AvgIpc) is 2.15. The number of allylic oxidation sites excluding steroid dienone is 1. The van der Waals surface area contributed by atoms with Crippen molar-refractivity contribution in [1.82, 2.24) is 4.90 Å². The van der Waals surface area contributed by atoms with Crippen LogP contribution < -0.4 is 5.32 Å². The van der Waals surface area contributed by atoms with Gasteiger partial charge in [-0.2, -0.15) is 5.26 Å². The lowest BCUT2D eigenvalue weighted by atomic mass is 10.2. The summed E-state index contributed by atoms with van der Waals surface area (Å²) in [6.07, 6.45) is 5.00. The van der Waals surface area contributed by atoms with Crippen LogP contribution in [0.15, 0.2) is 23.9 Å². The minimum Gasteiger partial charge on any atom is -0.306 e. The number of nitriles is 1. The molecule has 4 nitrogen and oxygen atoms in total. The van der Waals surface area contributed by atoms with Gasteiger partial charge in [-0.15, -0.1) is 0 Å². The first kappa shape index (κ1) is 12.6. The largest absolute Gasteiger partial charge is 0.357 e. The lowest BCUT2D eigenvalue weighted by molar-refractivity contribution is -0.495. The monoisotopic (exact) mass is 194 g/mol. The zero-order valence-corrected chi connectivity index (χ0v) is 8.82. The van der Waals surface area contributed by atoms with E-state index < -0.39 is 0 Å². The standard InChI is InChI=1S/C10H15N3O/c1-4-6-12-10(14)9(8-11)5-7-13(2)3/h4-6H,7H2,1-3H3,(H,12,14)/p+1. The Balaban J connectivity index is 4.34. The molecule has 0 rings (SSSR count). The van der Waals surface area contributed by atoms with Crippen molar-refractivity contribution in [3.63, 3.8) is 0 Å². The molecular formula is C10H16N3O+. The number of amides is 1. The molecule has 4 heteroatoms. The predicted molar refractivity (Wildman–Crippen MR) is 54.0 cm³/mol. The summed E-state index contributed by atoms with van der Waals surface area (Å²) >= 11 is 0. The molecule has 0 heterocycles. The highest BCUT2D eigenvalue weighted by Crippen LogP contribution is 1.89. The Labute approximate surface area is 84.5 Å². The van der Waals surface area contributed by atoms with Gasteiger partial charge < -0.3 is 4.90 Å². The van der Waals surface area contributed by atoms with Crippen molar-refractivity contribution in [1.29, 1.82) is 5.26 Å². The van der Waals surface area contributed by atoms with Crippen molar-refractivity contribution in [2.75, 3.05) is 20.6 Å². The van der Waals surface area contributed by atoms with E-state index in [1.807, 2.05) is 32.0 Å². The van der Waals surface area contributed by atoms with E-state index in [1.54, 1.807) is 18.4 Å². The van der Waals surface area contributed by atoms with Crippen molar-refractivity contribution in [3.05, 3.63) is 23.9 Å². The number of nitrogens with two attached hydrogens (primary N) is 1. The first-order chi connectivity index (χ1) is 6.61. The Morgan fingerprint density at radius 3 is 2.64 bits per heavy atom. The van der Waals surface area contributed by atoms with Crippen LogP contribution in [0.3, 0.4) is 0 Å². The van der Waals surface area contributed by atoms with E-state index in [0.717, 1.165) is 0 Å². The minimum atomic E-state index is -0.243. The van der Waals surface area contributed by atoms with E-state index in [0.29, 0.717) is 6.54 Å². The second-order valence-corrected chi connectivity index (χ2v) is 3.05. The molecule has 14 heavy (non-hydrogen) atoms. The summed E-state index contributed by atoms with van der Waals surface area (Å²) in [4.78, 5) is 13.2. The number of hydrogen-bond donors (Lipinski definition) is 1. The van der Waals surface area contributed by atoms with E-state index in [4.69, 9.17) is 5.26 Å². The summed E-state index contributed by atoms with van der Waals surface area (Å²) in [5.74, 6) is -0.243. The third kappa shape index (κ3) is 5.25. The molecule has 2 N–H and O–H groups in total. The Hall–Kier alpha value is -1.44. The van der Waals surface area contributed by atoms with Gasteiger partial charge in [0.1, 0.15) is 6.07 Å². The third-order valence-electron chi connectivity index (χ3n) is 1.49. The van der Waals surface area contributed by atoms with Gasteiger partial charge in [-0.1, -0.05) is 0 Å². The quantitative estimate of drug-likeness (QED) is 0.490. The molecule has 0 aliphatic carbocycles. The molecule has 76 valence electrons. The number of hydrogen-bond acceptors (Lipinski definition) is 3. The zero-order valence-electron chi connectivity index (χ0n) is 8.82. The van der Waals surface area contributed by atoms with Crippen LogP contribution in [0.5, 0.6) is 0 Å². The first-order valence-electron chi connectivity index (χ1n) is 4.37. The number of nitrogens with zero attached hydrogens (tertiary/aromatic N) is 2. The van der Waals surface area contributed by atoms with Gasteiger partial charge in [0, 0.05) is 6.54 Å². The SMILES string of the molecule is CC=C[NH2+]C(=O)C(C#N)=CCN(C)C. The highest BCUT2D eigenvalue weighted by Gasteiger charge is 2.10. The lowest BCUT2D eigenvalue weighted by Gasteiger charge is -2.03. The van der Waals surface area contributed by atoms with E-state index in [9.17, 15) is 4.79 Å². The fourth-order valence-electron chi connectivity index (χ4n) is 0.749. The van der Waals surface area contributed by atoms with Gasteiger partial charge in [0.2, 0.25) is 0 Å². The molecule has 0 bridgehead atoms. The van der Waals surface area contributed by atoms with Gasteiger partial charge in [-0.05, 0) is 33.2 Å². The van der Waals surface area contributed by atoms with Crippen LogP contribution in [0.2, 0.25) is 0 Å². The van der Waals surface area contributed by atoms with Crippen LogP contribution >= 0.6 is 0 Å². The maximum atomic E-state index is 11.3. The Morgan fingerprint density at radius 1 is 1.57 bits per heavy atom.